The second-order valence-corrected chi connectivity index (χ2v) is 6.80. The van der Waals surface area contributed by atoms with Crippen molar-refractivity contribution in [1.29, 1.82) is 0 Å². The third-order valence-electron chi connectivity index (χ3n) is 3.30. The summed E-state index contributed by atoms with van der Waals surface area (Å²) in [7, 11) is 0. The lowest BCUT2D eigenvalue weighted by Crippen LogP contribution is -1.97. The fourth-order valence-corrected chi connectivity index (χ4v) is 4.05. The number of fused-ring (bicyclic) bond motifs is 1. The van der Waals surface area contributed by atoms with E-state index in [9.17, 15) is 5.11 Å². The number of imidazole rings is 1. The molecule has 0 fully saturated rings. The van der Waals surface area contributed by atoms with E-state index < -0.39 is 0 Å². The van der Waals surface area contributed by atoms with Gasteiger partial charge >= 0.3 is 0 Å². The first-order valence-electron chi connectivity index (χ1n) is 6.77. The predicted octanol–water partition coefficient (Wildman–Crippen LogP) is 3.00. The summed E-state index contributed by atoms with van der Waals surface area (Å²) in [5.41, 5.74) is 2.14. The van der Waals surface area contributed by atoms with Crippen molar-refractivity contribution in [1.82, 2.24) is 19.6 Å². The first-order chi connectivity index (χ1) is 10.8. The highest BCUT2D eigenvalue weighted by molar-refractivity contribution is 7.17. The molecule has 0 amide bonds. The van der Waals surface area contributed by atoms with Gasteiger partial charge in [0.25, 0.3) is 0 Å². The van der Waals surface area contributed by atoms with Crippen LogP contribution in [0.4, 0.5) is 0 Å². The van der Waals surface area contributed by atoms with Gasteiger partial charge in [0, 0.05) is 17.5 Å². The molecular weight excluding hydrogens is 316 g/mol. The molecule has 7 heteroatoms. The molecule has 0 unspecified atom stereocenters. The molecule has 22 heavy (non-hydrogen) atoms. The highest BCUT2D eigenvalue weighted by Crippen LogP contribution is 2.27. The Bertz CT molecular complexity index is 897. The van der Waals surface area contributed by atoms with E-state index in [-0.39, 0.29) is 6.61 Å². The van der Waals surface area contributed by atoms with E-state index >= 15 is 0 Å². The first-order valence-corrected chi connectivity index (χ1v) is 8.46. The summed E-state index contributed by atoms with van der Waals surface area (Å²) in [6.45, 7) is -0.116. The molecule has 0 aromatic carbocycles. The zero-order chi connectivity index (χ0) is 14.9. The third kappa shape index (κ3) is 2.33. The monoisotopic (exact) mass is 328 g/mol. The summed E-state index contributed by atoms with van der Waals surface area (Å²) in [5.74, 6) is 0. The van der Waals surface area contributed by atoms with E-state index in [1.165, 1.54) is 4.88 Å². The number of hydrogen-bond donors (Lipinski definition) is 1. The molecule has 4 rings (SSSR count). The Morgan fingerprint density at radius 2 is 2.14 bits per heavy atom. The number of rotatable bonds is 4. The molecule has 1 N–H and O–H groups in total. The van der Waals surface area contributed by atoms with Gasteiger partial charge in [-0.05, 0) is 23.6 Å². The van der Waals surface area contributed by atoms with E-state index in [0.717, 1.165) is 22.1 Å². The molecule has 110 valence electrons. The highest BCUT2D eigenvalue weighted by atomic mass is 32.1. The number of nitrogens with zero attached hydrogens (tertiary/aromatic N) is 4. The molecule has 4 aromatic rings. The van der Waals surface area contributed by atoms with Crippen LogP contribution in [0.1, 0.15) is 15.6 Å². The molecule has 4 aromatic heterocycles. The van der Waals surface area contributed by atoms with Crippen LogP contribution in [-0.4, -0.2) is 24.7 Å². The molecule has 0 aliphatic rings. The van der Waals surface area contributed by atoms with Crippen LogP contribution in [0.5, 0.6) is 0 Å². The number of hydrogen-bond acceptors (Lipinski definition) is 6. The summed E-state index contributed by atoms with van der Waals surface area (Å²) >= 11 is 3.27. The minimum atomic E-state index is -0.116. The van der Waals surface area contributed by atoms with Gasteiger partial charge in [-0.2, -0.15) is 5.10 Å². The minimum Gasteiger partial charge on any atom is -0.390 e. The van der Waals surface area contributed by atoms with E-state index in [1.807, 2.05) is 24.3 Å². The fraction of sp³-hybridized carbons (Fsp3) is 0.133. The Morgan fingerprint density at radius 1 is 1.18 bits per heavy atom. The molecule has 4 heterocycles. The summed E-state index contributed by atoms with van der Waals surface area (Å²) in [6, 6.07) is 9.79. The van der Waals surface area contributed by atoms with Crippen molar-refractivity contribution in [2.24, 2.45) is 0 Å². The van der Waals surface area contributed by atoms with Crippen LogP contribution in [0.25, 0.3) is 16.3 Å². The van der Waals surface area contributed by atoms with E-state index in [4.69, 9.17) is 0 Å². The number of aliphatic hydroxyl groups is 1. The lowest BCUT2D eigenvalue weighted by atomic mass is 10.2. The Labute approximate surface area is 134 Å². The average Bonchev–Trinajstić information content (AvgIpc) is 3.24. The molecule has 0 atom stereocenters. The van der Waals surface area contributed by atoms with Gasteiger partial charge in [-0.25, -0.2) is 9.50 Å². The maximum absolute atomic E-state index is 9.71. The van der Waals surface area contributed by atoms with Gasteiger partial charge in [-0.1, -0.05) is 23.5 Å². The van der Waals surface area contributed by atoms with Crippen molar-refractivity contribution in [3.63, 3.8) is 0 Å². The van der Waals surface area contributed by atoms with Crippen LogP contribution >= 0.6 is 22.7 Å². The zero-order valence-electron chi connectivity index (χ0n) is 11.5. The minimum absolute atomic E-state index is 0.116. The van der Waals surface area contributed by atoms with Gasteiger partial charge in [-0.15, -0.1) is 11.3 Å². The second-order valence-electron chi connectivity index (χ2n) is 4.73. The Hall–Kier alpha value is -2.09. The summed E-state index contributed by atoms with van der Waals surface area (Å²) in [4.78, 5) is 11.0. The van der Waals surface area contributed by atoms with Gasteiger partial charge in [0.1, 0.15) is 10.7 Å². The zero-order valence-corrected chi connectivity index (χ0v) is 13.1. The summed E-state index contributed by atoms with van der Waals surface area (Å²) < 4.78 is 1.73. The molecule has 0 spiro atoms. The van der Waals surface area contributed by atoms with Crippen LogP contribution in [0.15, 0.2) is 41.9 Å². The van der Waals surface area contributed by atoms with Gasteiger partial charge < -0.3 is 5.11 Å². The van der Waals surface area contributed by atoms with Crippen LogP contribution in [-0.2, 0) is 13.0 Å². The first kappa shape index (κ1) is 13.6. The van der Waals surface area contributed by atoms with Gasteiger partial charge in [0.2, 0.25) is 4.96 Å². The van der Waals surface area contributed by atoms with Crippen molar-refractivity contribution in [3.05, 3.63) is 57.5 Å². The summed E-state index contributed by atoms with van der Waals surface area (Å²) in [6.07, 6.45) is 2.52. The number of aromatic nitrogens is 4. The lowest BCUT2D eigenvalue weighted by Gasteiger charge is -1.99. The Balaban J connectivity index is 1.77. The predicted molar refractivity (Wildman–Crippen MR) is 87.1 cm³/mol. The van der Waals surface area contributed by atoms with E-state index in [1.54, 1.807) is 33.4 Å². The molecule has 0 radical (unpaired) electrons. The molecule has 5 nitrogen and oxygen atoms in total. The number of thiophene rings is 1. The molecule has 0 bridgehead atoms. The molecule has 0 saturated heterocycles. The van der Waals surface area contributed by atoms with Crippen molar-refractivity contribution in [3.8, 4) is 11.4 Å². The topological polar surface area (TPSA) is 63.3 Å². The lowest BCUT2D eigenvalue weighted by molar-refractivity contribution is 0.275. The van der Waals surface area contributed by atoms with Gasteiger partial charge in [-0.3, -0.25) is 4.98 Å². The smallest absolute Gasteiger partial charge is 0.213 e. The largest absolute Gasteiger partial charge is 0.390 e. The molecular formula is C15H12N4OS2. The van der Waals surface area contributed by atoms with Gasteiger partial charge in [0.05, 0.1) is 18.0 Å². The maximum Gasteiger partial charge on any atom is 0.213 e. The molecule has 0 aliphatic carbocycles. The number of aliphatic hydroxyl groups excluding tert-OH is 1. The molecule has 0 aliphatic heterocycles. The van der Waals surface area contributed by atoms with E-state index in [0.29, 0.717) is 11.4 Å². The standard InChI is InChI=1S/C15H12N4OS2/c20-9-12-14(11-5-1-2-6-16-11)17-15-19(12)18-13(22-15)8-10-4-3-7-21-10/h1-7,20H,8-9H2. The Kier molecular flexibility index (Phi) is 3.45. The van der Waals surface area contributed by atoms with Crippen molar-refractivity contribution >= 4 is 27.6 Å². The SMILES string of the molecule is OCc1c(-c2ccccn2)nc2sc(Cc3cccs3)nn12. The van der Waals surface area contributed by atoms with Crippen LogP contribution in [0, 0.1) is 0 Å². The average molecular weight is 328 g/mol. The van der Waals surface area contributed by atoms with Crippen molar-refractivity contribution < 1.29 is 5.11 Å². The van der Waals surface area contributed by atoms with Crippen LogP contribution in [0.2, 0.25) is 0 Å². The van der Waals surface area contributed by atoms with Crippen molar-refractivity contribution in [2.45, 2.75) is 13.0 Å². The number of pyridine rings is 1. The highest BCUT2D eigenvalue weighted by Gasteiger charge is 2.18. The van der Waals surface area contributed by atoms with Crippen molar-refractivity contribution in [2.75, 3.05) is 0 Å². The quantitative estimate of drug-likeness (QED) is 0.625. The third-order valence-corrected chi connectivity index (χ3v) is 5.09. The molecule has 0 saturated carbocycles. The van der Waals surface area contributed by atoms with E-state index in [2.05, 4.69) is 26.5 Å². The summed E-state index contributed by atoms with van der Waals surface area (Å²) in [5, 5.41) is 17.4. The van der Waals surface area contributed by atoms with Crippen LogP contribution in [0.3, 0.4) is 0 Å². The Morgan fingerprint density at radius 3 is 2.86 bits per heavy atom. The maximum atomic E-state index is 9.71. The van der Waals surface area contributed by atoms with Gasteiger partial charge in [0.15, 0.2) is 0 Å². The van der Waals surface area contributed by atoms with Crippen LogP contribution < -0.4 is 0 Å². The normalized spacial score (nSPS) is 11.3. The fourth-order valence-electron chi connectivity index (χ4n) is 2.31. The second kappa shape index (κ2) is 5.60.